The maximum absolute atomic E-state index is 3.60. The highest BCUT2D eigenvalue weighted by Gasteiger charge is 2.22. The number of piperidine rings is 1. The second kappa shape index (κ2) is 6.50. The van der Waals surface area contributed by atoms with E-state index in [4.69, 9.17) is 0 Å². The van der Waals surface area contributed by atoms with Crippen LogP contribution >= 0.6 is 15.9 Å². The van der Waals surface area contributed by atoms with Crippen LogP contribution in [0.3, 0.4) is 0 Å². The maximum Gasteiger partial charge on any atom is 0.0457 e. The van der Waals surface area contributed by atoms with Crippen LogP contribution in [0.25, 0.3) is 10.9 Å². The molecule has 4 rings (SSSR count). The fourth-order valence-corrected chi connectivity index (χ4v) is 4.06. The topological polar surface area (TPSA) is 19.0 Å². The molecule has 0 aliphatic carbocycles. The van der Waals surface area contributed by atoms with Crippen LogP contribution in [0.4, 0.5) is 0 Å². The Kier molecular flexibility index (Phi) is 4.23. The molecule has 1 fully saturated rings. The number of fused-ring (bicyclic) bond motifs is 1. The lowest BCUT2D eigenvalue weighted by Gasteiger charge is -2.32. The normalized spacial score (nSPS) is 16.9. The SMILES string of the molecule is Brc1ccc2[nH]cc(C3CCN(Cc4ccccc4)CC3)c2c1. The summed E-state index contributed by atoms with van der Waals surface area (Å²) in [5.74, 6) is 0.671. The van der Waals surface area contributed by atoms with Gasteiger partial charge >= 0.3 is 0 Å². The predicted molar refractivity (Wildman–Crippen MR) is 99.7 cm³/mol. The number of halogens is 1. The molecule has 3 aromatic rings. The van der Waals surface area contributed by atoms with Crippen molar-refractivity contribution < 1.29 is 0 Å². The molecular formula is C20H21BrN2. The molecule has 0 saturated carbocycles. The fourth-order valence-electron chi connectivity index (χ4n) is 3.70. The zero-order valence-electron chi connectivity index (χ0n) is 13.1. The largest absolute Gasteiger partial charge is 0.361 e. The molecule has 0 amide bonds. The highest BCUT2D eigenvalue weighted by molar-refractivity contribution is 9.10. The van der Waals surface area contributed by atoms with E-state index in [1.54, 1.807) is 0 Å². The van der Waals surface area contributed by atoms with Crippen molar-refractivity contribution in [1.82, 2.24) is 9.88 Å². The number of aromatic amines is 1. The van der Waals surface area contributed by atoms with Crippen LogP contribution in [0.5, 0.6) is 0 Å². The molecule has 23 heavy (non-hydrogen) atoms. The van der Waals surface area contributed by atoms with Gasteiger partial charge in [0, 0.05) is 28.1 Å². The van der Waals surface area contributed by atoms with E-state index in [-0.39, 0.29) is 0 Å². The smallest absolute Gasteiger partial charge is 0.0457 e. The Morgan fingerprint density at radius 2 is 1.83 bits per heavy atom. The summed E-state index contributed by atoms with van der Waals surface area (Å²) in [7, 11) is 0. The minimum atomic E-state index is 0.671. The van der Waals surface area contributed by atoms with Gasteiger partial charge in [0.2, 0.25) is 0 Å². The monoisotopic (exact) mass is 368 g/mol. The molecule has 0 unspecified atom stereocenters. The van der Waals surface area contributed by atoms with E-state index in [0.29, 0.717) is 5.92 Å². The highest BCUT2D eigenvalue weighted by atomic mass is 79.9. The Hall–Kier alpha value is -1.58. The Balaban J connectivity index is 1.45. The van der Waals surface area contributed by atoms with E-state index in [2.05, 4.69) is 80.5 Å². The maximum atomic E-state index is 3.60. The van der Waals surface area contributed by atoms with E-state index < -0.39 is 0 Å². The standard InChI is InChI=1S/C20H21BrN2/c21-17-6-7-20-18(12-17)19(13-22-20)16-8-10-23(11-9-16)14-15-4-2-1-3-5-15/h1-7,12-13,16,22H,8-11,14H2. The third kappa shape index (κ3) is 3.22. The van der Waals surface area contributed by atoms with Gasteiger partial charge in [-0.05, 0) is 61.2 Å². The van der Waals surface area contributed by atoms with Crippen LogP contribution in [-0.4, -0.2) is 23.0 Å². The molecule has 1 aliphatic rings. The van der Waals surface area contributed by atoms with Gasteiger partial charge in [-0.1, -0.05) is 46.3 Å². The van der Waals surface area contributed by atoms with Crippen LogP contribution in [0.2, 0.25) is 0 Å². The molecule has 1 N–H and O–H groups in total. The number of likely N-dealkylation sites (tertiary alicyclic amines) is 1. The van der Waals surface area contributed by atoms with Crippen LogP contribution in [-0.2, 0) is 6.54 Å². The van der Waals surface area contributed by atoms with Gasteiger partial charge in [-0.3, -0.25) is 4.90 Å². The van der Waals surface area contributed by atoms with Crippen molar-refractivity contribution in [2.45, 2.75) is 25.3 Å². The highest BCUT2D eigenvalue weighted by Crippen LogP contribution is 2.34. The lowest BCUT2D eigenvalue weighted by molar-refractivity contribution is 0.205. The van der Waals surface area contributed by atoms with E-state index in [1.165, 1.54) is 48.0 Å². The number of nitrogens with one attached hydrogen (secondary N) is 1. The summed E-state index contributed by atoms with van der Waals surface area (Å²) in [5.41, 5.74) is 4.15. The number of benzene rings is 2. The minimum absolute atomic E-state index is 0.671. The molecule has 1 saturated heterocycles. The molecule has 2 heterocycles. The van der Waals surface area contributed by atoms with Crippen molar-refractivity contribution in [3.05, 3.63) is 70.3 Å². The summed E-state index contributed by atoms with van der Waals surface area (Å²) in [4.78, 5) is 6.01. The van der Waals surface area contributed by atoms with Gasteiger partial charge < -0.3 is 4.98 Å². The Labute approximate surface area is 145 Å². The lowest BCUT2D eigenvalue weighted by atomic mass is 9.89. The molecule has 1 aliphatic heterocycles. The van der Waals surface area contributed by atoms with Crippen molar-refractivity contribution >= 4 is 26.8 Å². The van der Waals surface area contributed by atoms with Gasteiger partial charge in [0.25, 0.3) is 0 Å². The van der Waals surface area contributed by atoms with Crippen molar-refractivity contribution in [1.29, 1.82) is 0 Å². The third-order valence-electron chi connectivity index (χ3n) is 4.95. The van der Waals surface area contributed by atoms with E-state index in [1.807, 2.05) is 0 Å². The quantitative estimate of drug-likeness (QED) is 0.663. The van der Waals surface area contributed by atoms with Crippen molar-refractivity contribution in [3.8, 4) is 0 Å². The summed E-state index contributed by atoms with van der Waals surface area (Å²) in [6.07, 6.45) is 4.70. The van der Waals surface area contributed by atoms with Gasteiger partial charge in [-0.25, -0.2) is 0 Å². The van der Waals surface area contributed by atoms with Gasteiger partial charge in [-0.2, -0.15) is 0 Å². The van der Waals surface area contributed by atoms with E-state index in [0.717, 1.165) is 11.0 Å². The van der Waals surface area contributed by atoms with Gasteiger partial charge in [0.05, 0.1) is 0 Å². The number of aromatic nitrogens is 1. The average Bonchev–Trinajstić information content (AvgIpc) is 2.99. The summed E-state index contributed by atoms with van der Waals surface area (Å²) in [6, 6.07) is 17.3. The summed E-state index contributed by atoms with van der Waals surface area (Å²) in [5, 5.41) is 1.38. The number of nitrogens with zero attached hydrogens (tertiary/aromatic N) is 1. The molecule has 0 atom stereocenters. The van der Waals surface area contributed by atoms with Gasteiger partial charge in [0.1, 0.15) is 0 Å². The molecule has 0 radical (unpaired) electrons. The second-order valence-electron chi connectivity index (χ2n) is 6.47. The first-order valence-electron chi connectivity index (χ1n) is 8.32. The minimum Gasteiger partial charge on any atom is -0.361 e. The van der Waals surface area contributed by atoms with Crippen LogP contribution < -0.4 is 0 Å². The number of H-pyrrole nitrogens is 1. The van der Waals surface area contributed by atoms with Crippen LogP contribution in [0.15, 0.2) is 59.2 Å². The van der Waals surface area contributed by atoms with Gasteiger partial charge in [-0.15, -0.1) is 0 Å². The summed E-state index contributed by atoms with van der Waals surface area (Å²) in [6.45, 7) is 3.44. The number of rotatable bonds is 3. The van der Waals surface area contributed by atoms with Crippen molar-refractivity contribution in [2.75, 3.05) is 13.1 Å². The Morgan fingerprint density at radius 1 is 1.04 bits per heavy atom. The zero-order valence-corrected chi connectivity index (χ0v) is 14.7. The summed E-state index contributed by atoms with van der Waals surface area (Å²) >= 11 is 3.60. The van der Waals surface area contributed by atoms with Crippen LogP contribution in [0, 0.1) is 0 Å². The first kappa shape index (κ1) is 15.0. The molecule has 0 spiro atoms. The zero-order chi connectivity index (χ0) is 15.6. The molecule has 118 valence electrons. The fraction of sp³-hybridized carbons (Fsp3) is 0.300. The Morgan fingerprint density at radius 3 is 2.61 bits per heavy atom. The van der Waals surface area contributed by atoms with E-state index in [9.17, 15) is 0 Å². The van der Waals surface area contributed by atoms with Crippen molar-refractivity contribution in [3.63, 3.8) is 0 Å². The van der Waals surface area contributed by atoms with Crippen molar-refractivity contribution in [2.24, 2.45) is 0 Å². The molecule has 3 heteroatoms. The second-order valence-corrected chi connectivity index (χ2v) is 7.39. The van der Waals surface area contributed by atoms with Gasteiger partial charge in [0.15, 0.2) is 0 Å². The Bertz CT molecular complexity index is 786. The number of hydrogen-bond acceptors (Lipinski definition) is 1. The molecule has 2 aromatic carbocycles. The molecule has 0 bridgehead atoms. The predicted octanol–water partition coefficient (Wildman–Crippen LogP) is 5.31. The van der Waals surface area contributed by atoms with Crippen LogP contribution in [0.1, 0.15) is 29.9 Å². The molecular weight excluding hydrogens is 348 g/mol. The third-order valence-corrected chi connectivity index (χ3v) is 5.45. The summed E-state index contributed by atoms with van der Waals surface area (Å²) < 4.78 is 1.16. The molecule has 2 nitrogen and oxygen atoms in total. The van der Waals surface area contributed by atoms with E-state index >= 15 is 0 Å². The number of hydrogen-bond donors (Lipinski definition) is 1. The average molecular weight is 369 g/mol. The molecule has 1 aromatic heterocycles. The first-order chi connectivity index (χ1) is 11.3. The lowest BCUT2D eigenvalue weighted by Crippen LogP contribution is -2.32. The first-order valence-corrected chi connectivity index (χ1v) is 9.12.